The molecule has 22 heavy (non-hydrogen) atoms. The zero-order valence-corrected chi connectivity index (χ0v) is 11.7. The summed E-state index contributed by atoms with van der Waals surface area (Å²) >= 11 is 0. The zero-order valence-electron chi connectivity index (χ0n) is 11.7. The molecule has 0 saturated heterocycles. The van der Waals surface area contributed by atoms with Crippen LogP contribution in [0.3, 0.4) is 0 Å². The van der Waals surface area contributed by atoms with Crippen LogP contribution >= 0.6 is 0 Å². The molecule has 5 heteroatoms. The number of hydrogen-bond donors (Lipinski definition) is 0. The van der Waals surface area contributed by atoms with E-state index in [4.69, 9.17) is 0 Å². The van der Waals surface area contributed by atoms with E-state index in [2.05, 4.69) is 26.0 Å². The van der Waals surface area contributed by atoms with Crippen molar-refractivity contribution >= 4 is 17.6 Å². The second kappa shape index (κ2) is 5.26. The van der Waals surface area contributed by atoms with Crippen LogP contribution in [-0.4, -0.2) is 28.4 Å². The van der Waals surface area contributed by atoms with E-state index in [9.17, 15) is 4.39 Å². The Bertz CT molecular complexity index is 795. The highest BCUT2D eigenvalue weighted by Gasteiger charge is 2.32. The van der Waals surface area contributed by atoms with E-state index in [1.165, 1.54) is 12.3 Å². The molecule has 2 aliphatic heterocycles. The van der Waals surface area contributed by atoms with Crippen molar-refractivity contribution in [3.8, 4) is 0 Å². The van der Waals surface area contributed by atoms with Crippen LogP contribution in [0.4, 0.5) is 4.39 Å². The quantitative estimate of drug-likeness (QED) is 0.799. The Morgan fingerprint density at radius 2 is 2.09 bits per heavy atom. The van der Waals surface area contributed by atoms with Crippen LogP contribution in [0, 0.1) is 17.8 Å². The lowest BCUT2D eigenvalue weighted by Gasteiger charge is -2.19. The average molecular weight is 292 g/mol. The van der Waals surface area contributed by atoms with E-state index >= 15 is 0 Å². The summed E-state index contributed by atoms with van der Waals surface area (Å²) in [5.74, 6) is -0.120. The Morgan fingerprint density at radius 3 is 2.91 bits per heavy atom. The topological polar surface area (TPSA) is 50.5 Å². The van der Waals surface area contributed by atoms with Crippen LogP contribution in [-0.2, 0) is 0 Å². The monoisotopic (exact) mass is 292 g/mol. The molecule has 0 spiro atoms. The first kappa shape index (κ1) is 13.0. The smallest absolute Gasteiger partial charge is 0.213 e. The summed E-state index contributed by atoms with van der Waals surface area (Å²) in [6.45, 7) is 0.685. The van der Waals surface area contributed by atoms with Gasteiger partial charge < -0.3 is 0 Å². The second-order valence-corrected chi connectivity index (χ2v) is 5.35. The molecule has 0 aromatic carbocycles. The minimum absolute atomic E-state index is 0.120. The highest BCUT2D eigenvalue weighted by Crippen LogP contribution is 2.32. The average Bonchev–Trinajstić information content (AvgIpc) is 2.99. The number of allylic oxidation sites excluding steroid dienone is 1. The van der Waals surface area contributed by atoms with Gasteiger partial charge in [-0.2, -0.15) is 4.39 Å². The summed E-state index contributed by atoms with van der Waals surface area (Å²) in [7, 11) is 0. The number of aromatic nitrogens is 2. The third-order valence-corrected chi connectivity index (χ3v) is 3.97. The van der Waals surface area contributed by atoms with Gasteiger partial charge >= 0.3 is 0 Å². The molecular formula is C17H13FN4. The molecule has 2 aliphatic rings. The van der Waals surface area contributed by atoms with Crippen molar-refractivity contribution in [1.82, 2.24) is 9.97 Å². The molecule has 0 amide bonds. The van der Waals surface area contributed by atoms with Gasteiger partial charge in [0.1, 0.15) is 0 Å². The maximum Gasteiger partial charge on any atom is 0.213 e. The van der Waals surface area contributed by atoms with Crippen molar-refractivity contribution < 1.29 is 4.39 Å². The Morgan fingerprint density at radius 1 is 1.14 bits per heavy atom. The molecule has 2 aromatic heterocycles. The second-order valence-electron chi connectivity index (χ2n) is 5.35. The van der Waals surface area contributed by atoms with Crippen LogP contribution in [0.1, 0.15) is 11.1 Å². The van der Waals surface area contributed by atoms with Crippen LogP contribution in [0.2, 0.25) is 0 Å². The summed E-state index contributed by atoms with van der Waals surface area (Å²) in [6, 6.07) is 7.10. The molecule has 0 N–H and O–H groups in total. The Hall–Kier alpha value is -2.69. The molecule has 2 atom stereocenters. The van der Waals surface area contributed by atoms with Crippen LogP contribution < -0.4 is 0 Å². The standard InChI is InChI=1S/C17H13FN4/c18-16-6-11(3-5-20-16)17-14-7-15(12-2-1-4-19-8-12)21-9-13(14)10-22-17/h1-9,13-14H,10H2. The van der Waals surface area contributed by atoms with E-state index in [0.29, 0.717) is 6.54 Å². The Labute approximate surface area is 127 Å². The van der Waals surface area contributed by atoms with Gasteiger partial charge in [-0.05, 0) is 24.3 Å². The molecule has 0 aliphatic carbocycles. The van der Waals surface area contributed by atoms with E-state index in [-0.39, 0.29) is 11.8 Å². The molecule has 2 unspecified atom stereocenters. The summed E-state index contributed by atoms with van der Waals surface area (Å²) in [5, 5.41) is 0. The highest BCUT2D eigenvalue weighted by atomic mass is 19.1. The summed E-state index contributed by atoms with van der Waals surface area (Å²) in [6.07, 6.45) is 9.05. The lowest BCUT2D eigenvalue weighted by atomic mass is 9.86. The number of hydrogen-bond acceptors (Lipinski definition) is 4. The van der Waals surface area contributed by atoms with Gasteiger partial charge in [0.25, 0.3) is 0 Å². The van der Waals surface area contributed by atoms with Crippen molar-refractivity contribution in [3.63, 3.8) is 0 Å². The third-order valence-electron chi connectivity index (χ3n) is 3.97. The van der Waals surface area contributed by atoms with E-state index in [0.717, 1.165) is 22.5 Å². The molecule has 2 aromatic rings. The predicted molar refractivity (Wildman–Crippen MR) is 83.3 cm³/mol. The summed E-state index contributed by atoms with van der Waals surface area (Å²) < 4.78 is 13.4. The van der Waals surface area contributed by atoms with Gasteiger partial charge in [-0.25, -0.2) is 4.98 Å². The van der Waals surface area contributed by atoms with E-state index in [1.54, 1.807) is 18.5 Å². The Kier molecular flexibility index (Phi) is 3.11. The van der Waals surface area contributed by atoms with Gasteiger partial charge in [0.05, 0.1) is 5.70 Å². The van der Waals surface area contributed by atoms with Gasteiger partial charge in [-0.15, -0.1) is 0 Å². The van der Waals surface area contributed by atoms with Crippen LogP contribution in [0.15, 0.2) is 58.9 Å². The molecule has 4 heterocycles. The molecular weight excluding hydrogens is 279 g/mol. The molecule has 0 radical (unpaired) electrons. The van der Waals surface area contributed by atoms with Crippen LogP contribution in [0.5, 0.6) is 0 Å². The van der Waals surface area contributed by atoms with E-state index < -0.39 is 5.95 Å². The zero-order chi connectivity index (χ0) is 14.9. The predicted octanol–water partition coefficient (Wildman–Crippen LogP) is 2.78. The van der Waals surface area contributed by atoms with Gasteiger partial charge in [-0.3, -0.25) is 15.0 Å². The summed E-state index contributed by atoms with van der Waals surface area (Å²) in [4.78, 5) is 16.9. The molecule has 0 fully saturated rings. The van der Waals surface area contributed by atoms with E-state index in [1.807, 2.05) is 18.3 Å². The molecule has 108 valence electrons. The minimum atomic E-state index is -0.482. The largest absolute Gasteiger partial charge is 0.288 e. The Balaban J connectivity index is 1.71. The lowest BCUT2D eigenvalue weighted by Crippen LogP contribution is -2.22. The first-order valence-corrected chi connectivity index (χ1v) is 7.14. The highest BCUT2D eigenvalue weighted by molar-refractivity contribution is 6.07. The number of aliphatic imine (C=N–C) groups is 2. The van der Waals surface area contributed by atoms with Crippen molar-refractivity contribution in [2.45, 2.75) is 0 Å². The minimum Gasteiger partial charge on any atom is -0.288 e. The normalized spacial score (nSPS) is 23.0. The number of fused-ring (bicyclic) bond motifs is 1. The fourth-order valence-corrected chi connectivity index (χ4v) is 2.89. The number of nitrogens with zero attached hydrogens (tertiary/aromatic N) is 4. The van der Waals surface area contributed by atoms with Crippen molar-refractivity contribution in [2.24, 2.45) is 21.8 Å². The molecule has 0 saturated carbocycles. The maximum absolute atomic E-state index is 13.4. The van der Waals surface area contributed by atoms with Gasteiger partial charge in [0, 0.05) is 66.1 Å². The molecule has 4 nitrogen and oxygen atoms in total. The number of rotatable bonds is 2. The summed E-state index contributed by atoms with van der Waals surface area (Å²) in [5.41, 5.74) is 3.55. The van der Waals surface area contributed by atoms with Gasteiger partial charge in [-0.1, -0.05) is 0 Å². The number of pyridine rings is 2. The fraction of sp³-hybridized carbons (Fsp3) is 0.176. The maximum atomic E-state index is 13.4. The van der Waals surface area contributed by atoms with Gasteiger partial charge in [0.15, 0.2) is 0 Å². The van der Waals surface area contributed by atoms with Crippen molar-refractivity contribution in [2.75, 3.05) is 6.54 Å². The van der Waals surface area contributed by atoms with Gasteiger partial charge in [0.2, 0.25) is 5.95 Å². The fourth-order valence-electron chi connectivity index (χ4n) is 2.89. The SMILES string of the molecule is Fc1cc(C2=NCC3C=NC(c4cccnc4)=CC23)ccn1. The van der Waals surface area contributed by atoms with Crippen LogP contribution in [0.25, 0.3) is 5.70 Å². The first-order chi connectivity index (χ1) is 10.8. The lowest BCUT2D eigenvalue weighted by molar-refractivity contribution is 0.583. The number of halogens is 1. The molecule has 0 bridgehead atoms. The first-order valence-electron chi connectivity index (χ1n) is 7.14. The molecule has 4 rings (SSSR count). The van der Waals surface area contributed by atoms with Crippen molar-refractivity contribution in [3.05, 3.63) is 66.0 Å². The van der Waals surface area contributed by atoms with Crippen molar-refractivity contribution in [1.29, 1.82) is 0 Å². The third kappa shape index (κ3) is 2.24.